The minimum absolute atomic E-state index is 0.0689. The molecule has 0 aliphatic heterocycles. The monoisotopic (exact) mass is 939 g/mol. The summed E-state index contributed by atoms with van der Waals surface area (Å²) in [6.07, 6.45) is 68.3. The molecule has 0 fully saturated rings. The molecule has 0 bridgehead atoms. The van der Waals surface area contributed by atoms with E-state index in [4.69, 9.17) is 14.2 Å². The lowest BCUT2D eigenvalue weighted by molar-refractivity contribution is -0.167. The molecule has 0 spiro atoms. The fourth-order valence-corrected chi connectivity index (χ4v) is 8.49. The Hall–Kier alpha value is -2.63. The van der Waals surface area contributed by atoms with Gasteiger partial charge in [0.25, 0.3) is 0 Å². The molecular weight excluding hydrogens is 829 g/mol. The number of carbonyl (C=O) groups is 3. The maximum absolute atomic E-state index is 12.8. The molecule has 0 saturated heterocycles. The first-order chi connectivity index (χ1) is 33.0. The highest BCUT2D eigenvalue weighted by molar-refractivity contribution is 5.71. The smallest absolute Gasteiger partial charge is 0.306 e. The van der Waals surface area contributed by atoms with Gasteiger partial charge < -0.3 is 14.2 Å². The van der Waals surface area contributed by atoms with Crippen molar-refractivity contribution in [3.05, 3.63) is 48.6 Å². The molecule has 0 aliphatic rings. The third kappa shape index (κ3) is 54.2. The molecule has 67 heavy (non-hydrogen) atoms. The number of carbonyl (C=O) groups excluding carboxylic acids is 3. The van der Waals surface area contributed by atoms with Crippen LogP contribution in [0.2, 0.25) is 0 Å². The first-order valence-corrected chi connectivity index (χ1v) is 29.1. The van der Waals surface area contributed by atoms with Crippen molar-refractivity contribution in [3.63, 3.8) is 0 Å². The molecule has 0 rings (SSSR count). The van der Waals surface area contributed by atoms with Crippen molar-refractivity contribution >= 4 is 17.9 Å². The third-order valence-corrected chi connectivity index (χ3v) is 12.8. The third-order valence-electron chi connectivity index (χ3n) is 12.8. The summed E-state index contributed by atoms with van der Waals surface area (Å²) in [5.41, 5.74) is 0. The van der Waals surface area contributed by atoms with Gasteiger partial charge >= 0.3 is 17.9 Å². The summed E-state index contributed by atoms with van der Waals surface area (Å²) in [5.74, 6) is -0.859. The Morgan fingerprint density at radius 3 is 0.910 bits per heavy atom. The molecule has 0 aromatic rings. The van der Waals surface area contributed by atoms with E-state index in [1.165, 1.54) is 180 Å². The van der Waals surface area contributed by atoms with Crippen molar-refractivity contribution in [2.24, 2.45) is 0 Å². The van der Waals surface area contributed by atoms with E-state index >= 15 is 0 Å². The lowest BCUT2D eigenvalue weighted by Gasteiger charge is -2.18. The Labute approximate surface area is 416 Å². The number of hydrogen-bond acceptors (Lipinski definition) is 6. The van der Waals surface area contributed by atoms with Crippen LogP contribution in [0.25, 0.3) is 0 Å². The number of unbranched alkanes of at least 4 members (excludes halogenated alkanes) is 34. The van der Waals surface area contributed by atoms with Crippen molar-refractivity contribution in [3.8, 4) is 0 Å². The van der Waals surface area contributed by atoms with Gasteiger partial charge in [0.05, 0.1) is 0 Å². The second kappa shape index (κ2) is 56.0. The predicted octanol–water partition coefficient (Wildman–Crippen LogP) is 19.4. The molecular formula is C61H110O6. The second-order valence-corrected chi connectivity index (χ2v) is 19.5. The van der Waals surface area contributed by atoms with E-state index in [0.29, 0.717) is 19.3 Å². The normalized spacial score (nSPS) is 12.3. The van der Waals surface area contributed by atoms with Crippen LogP contribution in [0.1, 0.15) is 303 Å². The van der Waals surface area contributed by atoms with Gasteiger partial charge in [0.15, 0.2) is 6.10 Å². The summed E-state index contributed by atoms with van der Waals surface area (Å²) in [7, 11) is 0. The number of allylic oxidation sites excluding steroid dienone is 8. The highest BCUT2D eigenvalue weighted by Gasteiger charge is 2.19. The molecule has 0 aromatic heterocycles. The lowest BCUT2D eigenvalue weighted by Crippen LogP contribution is -2.30. The highest BCUT2D eigenvalue weighted by Crippen LogP contribution is 2.17. The van der Waals surface area contributed by atoms with E-state index in [9.17, 15) is 14.4 Å². The average Bonchev–Trinajstić information content (AvgIpc) is 3.33. The van der Waals surface area contributed by atoms with Crippen molar-refractivity contribution in [2.75, 3.05) is 13.2 Å². The predicted molar refractivity (Wildman–Crippen MR) is 289 cm³/mol. The SMILES string of the molecule is CC/C=C\C/C=C\C/C=C\C/C=C\CCCCCCCCCCCCCCC(=O)OCC(COC(=O)CCCCCCCCCC)OC(=O)CCCCCCCCCCCCCCCCCC. The minimum atomic E-state index is -0.767. The van der Waals surface area contributed by atoms with Gasteiger partial charge in [0.2, 0.25) is 0 Å². The van der Waals surface area contributed by atoms with E-state index in [-0.39, 0.29) is 31.1 Å². The van der Waals surface area contributed by atoms with Crippen LogP contribution in [0.15, 0.2) is 48.6 Å². The molecule has 0 aromatic carbocycles. The number of rotatable bonds is 53. The molecule has 0 amide bonds. The summed E-state index contributed by atoms with van der Waals surface area (Å²) in [6, 6.07) is 0. The van der Waals surface area contributed by atoms with Crippen LogP contribution in [0.5, 0.6) is 0 Å². The average molecular weight is 940 g/mol. The Kier molecular flexibility index (Phi) is 53.8. The first kappa shape index (κ1) is 64.4. The molecule has 1 unspecified atom stereocenters. The van der Waals surface area contributed by atoms with Crippen LogP contribution in [-0.4, -0.2) is 37.2 Å². The fourth-order valence-electron chi connectivity index (χ4n) is 8.49. The van der Waals surface area contributed by atoms with Gasteiger partial charge in [-0.05, 0) is 57.8 Å². The summed E-state index contributed by atoms with van der Waals surface area (Å²) in [5, 5.41) is 0. The van der Waals surface area contributed by atoms with Gasteiger partial charge in [-0.2, -0.15) is 0 Å². The largest absolute Gasteiger partial charge is 0.462 e. The zero-order valence-electron chi connectivity index (χ0n) is 44.7. The standard InChI is InChI=1S/C61H110O6/c1-4-7-10-13-16-19-21-23-25-27-28-29-30-31-32-33-34-35-37-38-40-42-45-48-51-54-60(63)66-57-58(56-65-59(62)53-50-47-44-18-15-12-9-6-3)67-61(64)55-52-49-46-43-41-39-36-26-24-22-20-17-14-11-8-5-2/h7,10,16,19,23,25,28-29,58H,4-6,8-9,11-15,17-18,20-22,24,26-27,30-57H2,1-3H3/b10-7-,19-16-,25-23-,29-28-. The van der Waals surface area contributed by atoms with E-state index in [2.05, 4.69) is 69.4 Å². The Morgan fingerprint density at radius 2 is 0.582 bits per heavy atom. The van der Waals surface area contributed by atoms with Gasteiger partial charge in [0, 0.05) is 19.3 Å². The van der Waals surface area contributed by atoms with Crippen LogP contribution in [-0.2, 0) is 28.6 Å². The molecule has 0 radical (unpaired) electrons. The maximum Gasteiger partial charge on any atom is 0.306 e. The van der Waals surface area contributed by atoms with Crippen LogP contribution in [0.3, 0.4) is 0 Å². The van der Waals surface area contributed by atoms with Crippen molar-refractivity contribution in [2.45, 2.75) is 309 Å². The number of esters is 3. The summed E-state index contributed by atoms with van der Waals surface area (Å²) in [4.78, 5) is 38.0. The Morgan fingerprint density at radius 1 is 0.313 bits per heavy atom. The van der Waals surface area contributed by atoms with E-state index in [1.54, 1.807) is 0 Å². The second-order valence-electron chi connectivity index (χ2n) is 19.5. The topological polar surface area (TPSA) is 78.9 Å². The Balaban J connectivity index is 4.16. The first-order valence-electron chi connectivity index (χ1n) is 29.1. The van der Waals surface area contributed by atoms with E-state index < -0.39 is 6.10 Å². The maximum atomic E-state index is 12.8. The molecule has 0 heterocycles. The fraction of sp³-hybridized carbons (Fsp3) is 0.820. The van der Waals surface area contributed by atoms with Crippen molar-refractivity contribution in [1.82, 2.24) is 0 Å². The molecule has 0 saturated carbocycles. The Bertz CT molecular complexity index is 1170. The van der Waals surface area contributed by atoms with Crippen LogP contribution in [0, 0.1) is 0 Å². The summed E-state index contributed by atoms with van der Waals surface area (Å²) < 4.78 is 16.8. The van der Waals surface area contributed by atoms with E-state index in [1.807, 2.05) is 0 Å². The lowest BCUT2D eigenvalue weighted by atomic mass is 10.0. The summed E-state index contributed by atoms with van der Waals surface area (Å²) in [6.45, 7) is 6.53. The quantitative estimate of drug-likeness (QED) is 0.0262. The van der Waals surface area contributed by atoms with Crippen LogP contribution in [0.4, 0.5) is 0 Å². The summed E-state index contributed by atoms with van der Waals surface area (Å²) >= 11 is 0. The van der Waals surface area contributed by atoms with Crippen molar-refractivity contribution < 1.29 is 28.6 Å². The van der Waals surface area contributed by atoms with Gasteiger partial charge in [-0.25, -0.2) is 0 Å². The van der Waals surface area contributed by atoms with Crippen molar-refractivity contribution in [1.29, 1.82) is 0 Å². The molecule has 0 aliphatic carbocycles. The molecule has 6 heteroatoms. The number of ether oxygens (including phenoxy) is 3. The number of hydrogen-bond donors (Lipinski definition) is 0. The molecule has 390 valence electrons. The van der Waals surface area contributed by atoms with Crippen LogP contribution < -0.4 is 0 Å². The zero-order valence-corrected chi connectivity index (χ0v) is 44.7. The zero-order chi connectivity index (χ0) is 48.6. The van der Waals surface area contributed by atoms with Gasteiger partial charge in [-0.1, -0.05) is 275 Å². The van der Waals surface area contributed by atoms with Crippen LogP contribution >= 0.6 is 0 Å². The van der Waals surface area contributed by atoms with Gasteiger partial charge in [-0.15, -0.1) is 0 Å². The molecule has 6 nitrogen and oxygen atoms in total. The van der Waals surface area contributed by atoms with E-state index in [0.717, 1.165) is 83.5 Å². The van der Waals surface area contributed by atoms with Gasteiger partial charge in [-0.3, -0.25) is 14.4 Å². The van der Waals surface area contributed by atoms with Gasteiger partial charge in [0.1, 0.15) is 13.2 Å². The highest BCUT2D eigenvalue weighted by atomic mass is 16.6. The molecule has 0 N–H and O–H groups in total. The molecule has 1 atom stereocenters. The minimum Gasteiger partial charge on any atom is -0.462 e.